The van der Waals surface area contributed by atoms with Gasteiger partial charge in [-0.1, -0.05) is 36.4 Å². The number of alkyl halides is 3. The maximum Gasteiger partial charge on any atom is 0.447 e. The molecule has 0 aliphatic carbocycles. The van der Waals surface area contributed by atoms with Crippen LogP contribution in [0, 0.1) is 0 Å². The summed E-state index contributed by atoms with van der Waals surface area (Å²) >= 11 is 0. The molecule has 1 aliphatic rings. The summed E-state index contributed by atoms with van der Waals surface area (Å²) in [6.45, 7) is 0. The smallest absolute Gasteiger partial charge is 0.355 e. The summed E-state index contributed by atoms with van der Waals surface area (Å²) < 4.78 is 39.1. The van der Waals surface area contributed by atoms with Gasteiger partial charge < -0.3 is 20.4 Å². The van der Waals surface area contributed by atoms with Crippen molar-refractivity contribution in [3.63, 3.8) is 0 Å². The van der Waals surface area contributed by atoms with Crippen LogP contribution in [-0.2, 0) is 23.4 Å². The van der Waals surface area contributed by atoms with Crippen molar-refractivity contribution in [1.29, 1.82) is 0 Å². The molecule has 35 heavy (non-hydrogen) atoms. The number of aryl methyl sites for hydroxylation is 1. The molecule has 2 amide bonds. The van der Waals surface area contributed by atoms with Crippen LogP contribution in [0.1, 0.15) is 39.3 Å². The van der Waals surface area contributed by atoms with Crippen molar-refractivity contribution in [3.8, 4) is 0 Å². The highest BCUT2D eigenvalue weighted by Crippen LogP contribution is 2.39. The number of hydrogen-bond acceptors (Lipinski definition) is 5. The lowest BCUT2D eigenvalue weighted by Gasteiger charge is -2.26. The fourth-order valence-electron chi connectivity index (χ4n) is 4.02. The van der Waals surface area contributed by atoms with E-state index in [0.717, 1.165) is 17.7 Å². The molecule has 0 saturated heterocycles. The van der Waals surface area contributed by atoms with Gasteiger partial charge in [0, 0.05) is 30.4 Å². The molecule has 0 saturated carbocycles. The quantitative estimate of drug-likeness (QED) is 0.412. The number of likely N-dealkylation sites (N-methyl/N-ethyl adjacent to an activating group) is 1. The molecule has 1 unspecified atom stereocenters. The van der Waals surface area contributed by atoms with Crippen molar-refractivity contribution in [2.75, 3.05) is 11.9 Å². The molecule has 2 aromatic carbocycles. The average Bonchev–Trinajstić information content (AvgIpc) is 3.25. The van der Waals surface area contributed by atoms with Gasteiger partial charge in [0.15, 0.2) is 0 Å². The van der Waals surface area contributed by atoms with E-state index in [1.165, 1.54) is 18.0 Å². The summed E-state index contributed by atoms with van der Waals surface area (Å²) in [6.07, 6.45) is -4.54. The number of H-pyrrole nitrogens is 1. The zero-order chi connectivity index (χ0) is 25.4. The van der Waals surface area contributed by atoms with Gasteiger partial charge in [-0.3, -0.25) is 14.7 Å². The molecular formula is C24H23F3N4O4. The molecule has 1 atom stereocenters. The second-order valence-corrected chi connectivity index (χ2v) is 8.42. The normalized spacial score (nSPS) is 16.6. The molecule has 0 radical (unpaired) electrons. The van der Waals surface area contributed by atoms with Gasteiger partial charge in [-0.2, -0.15) is 18.3 Å². The maximum absolute atomic E-state index is 13.0. The number of aromatic amines is 1. The van der Waals surface area contributed by atoms with Gasteiger partial charge in [-0.15, -0.1) is 0 Å². The van der Waals surface area contributed by atoms with Gasteiger partial charge in [0.25, 0.3) is 11.7 Å². The monoisotopic (exact) mass is 488 g/mol. The van der Waals surface area contributed by atoms with Crippen molar-refractivity contribution in [2.45, 2.75) is 37.3 Å². The van der Waals surface area contributed by atoms with Gasteiger partial charge in [-0.25, -0.2) is 0 Å². The molecule has 1 aliphatic heterocycles. The summed E-state index contributed by atoms with van der Waals surface area (Å²) in [4.78, 5) is 27.0. The lowest BCUT2D eigenvalue weighted by atomic mass is 9.98. The fraction of sp³-hybridized carbons (Fsp3) is 0.292. The van der Waals surface area contributed by atoms with E-state index in [4.69, 9.17) is 0 Å². The van der Waals surface area contributed by atoms with Gasteiger partial charge in [-0.05, 0) is 42.2 Å². The summed E-state index contributed by atoms with van der Waals surface area (Å²) in [7, 11) is 1.44. The van der Waals surface area contributed by atoms with E-state index >= 15 is 0 Å². The number of carbonyl (C=O) groups excluding carboxylic acids is 2. The number of halogens is 3. The minimum absolute atomic E-state index is 0.0997. The van der Waals surface area contributed by atoms with Crippen molar-refractivity contribution in [2.24, 2.45) is 0 Å². The zero-order valence-corrected chi connectivity index (χ0v) is 18.6. The Bertz CT molecular complexity index is 1240. The van der Waals surface area contributed by atoms with Crippen molar-refractivity contribution < 1.29 is 33.0 Å². The second kappa shape index (κ2) is 9.16. The number of nitrogens with one attached hydrogen (secondary N) is 2. The Morgan fingerprint density at radius 2 is 1.89 bits per heavy atom. The predicted molar refractivity (Wildman–Crippen MR) is 119 cm³/mol. The molecule has 8 nitrogen and oxygen atoms in total. The molecule has 0 spiro atoms. The van der Waals surface area contributed by atoms with Crippen LogP contribution >= 0.6 is 0 Å². The molecule has 2 heterocycles. The molecule has 0 bridgehead atoms. The Kier molecular flexibility index (Phi) is 6.39. The minimum Gasteiger partial charge on any atom is -0.355 e. The first-order valence-electron chi connectivity index (χ1n) is 10.8. The van der Waals surface area contributed by atoms with Crippen LogP contribution in [0.3, 0.4) is 0 Å². The maximum atomic E-state index is 13.0. The molecule has 1 aromatic heterocycles. The number of aliphatic hydroxyl groups is 2. The Morgan fingerprint density at radius 3 is 2.57 bits per heavy atom. The molecule has 4 N–H and O–H groups in total. The fourth-order valence-corrected chi connectivity index (χ4v) is 4.02. The van der Waals surface area contributed by atoms with Crippen LogP contribution in [0.25, 0.3) is 0 Å². The molecule has 11 heteroatoms. The highest BCUT2D eigenvalue weighted by atomic mass is 19.4. The highest BCUT2D eigenvalue weighted by Gasteiger charge is 2.54. The molecular weight excluding hydrogens is 465 g/mol. The van der Waals surface area contributed by atoms with E-state index in [-0.39, 0.29) is 18.5 Å². The largest absolute Gasteiger partial charge is 0.447 e. The van der Waals surface area contributed by atoms with Gasteiger partial charge >= 0.3 is 6.18 Å². The predicted octanol–water partition coefficient (Wildman–Crippen LogP) is 2.41. The van der Waals surface area contributed by atoms with Gasteiger partial charge in [0.2, 0.25) is 5.91 Å². The van der Waals surface area contributed by atoms with Crippen LogP contribution in [0.15, 0.2) is 54.6 Å². The first-order valence-corrected chi connectivity index (χ1v) is 10.8. The first kappa shape index (κ1) is 24.4. The summed E-state index contributed by atoms with van der Waals surface area (Å²) in [5.74, 6) is -5.05. The zero-order valence-electron chi connectivity index (χ0n) is 18.6. The van der Waals surface area contributed by atoms with E-state index in [2.05, 4.69) is 15.5 Å². The first-order chi connectivity index (χ1) is 16.5. The number of carbonyl (C=O) groups is 2. The molecule has 184 valence electrons. The van der Waals surface area contributed by atoms with Gasteiger partial charge in [0.05, 0.1) is 0 Å². The van der Waals surface area contributed by atoms with E-state index in [1.54, 1.807) is 6.07 Å². The molecule has 4 rings (SSSR count). The van der Waals surface area contributed by atoms with Crippen molar-refractivity contribution in [1.82, 2.24) is 15.5 Å². The van der Waals surface area contributed by atoms with E-state index in [9.17, 15) is 33.0 Å². The highest BCUT2D eigenvalue weighted by molar-refractivity contribution is 6.02. The van der Waals surface area contributed by atoms with E-state index < -0.39 is 35.4 Å². The number of fused-ring (bicyclic) bond motifs is 1. The molecule has 0 fully saturated rings. The Labute approximate surface area is 198 Å². The lowest BCUT2D eigenvalue weighted by molar-refractivity contribution is -0.358. The Morgan fingerprint density at radius 1 is 1.17 bits per heavy atom. The average molecular weight is 488 g/mol. The van der Waals surface area contributed by atoms with Gasteiger partial charge in [0.1, 0.15) is 11.7 Å². The number of benzene rings is 2. The third kappa shape index (κ3) is 4.91. The third-order valence-electron chi connectivity index (χ3n) is 5.98. The SMILES string of the molecule is CN1C(=O)C(NC(=O)c2cc(Cc3ccccc3)[nH]n2)CCc2cc(C(O)(O)C(F)(F)F)ccc21. The van der Waals surface area contributed by atoms with Crippen LogP contribution < -0.4 is 10.2 Å². The van der Waals surface area contributed by atoms with Crippen LogP contribution in [0.4, 0.5) is 18.9 Å². The summed E-state index contributed by atoms with van der Waals surface area (Å²) in [5, 5.41) is 28.6. The number of aromatic nitrogens is 2. The standard InChI is InChI=1S/C24H23F3N4O4/c1-31-20-10-8-16(23(34,35)24(25,26)27)12-15(20)7-9-18(22(31)33)28-21(32)19-13-17(29-30-19)11-14-5-3-2-4-6-14/h2-6,8,10,12-13,18,34-35H,7,9,11H2,1H3,(H,28,32)(H,29,30). The Balaban J connectivity index is 1.48. The number of nitrogens with zero attached hydrogens (tertiary/aromatic N) is 2. The number of amides is 2. The third-order valence-corrected chi connectivity index (χ3v) is 5.98. The molecule has 3 aromatic rings. The van der Waals surface area contributed by atoms with Crippen molar-refractivity contribution in [3.05, 3.63) is 82.7 Å². The van der Waals surface area contributed by atoms with E-state index in [0.29, 0.717) is 23.4 Å². The van der Waals surface area contributed by atoms with Crippen LogP contribution in [0.5, 0.6) is 0 Å². The lowest BCUT2D eigenvalue weighted by Crippen LogP contribution is -2.46. The second-order valence-electron chi connectivity index (χ2n) is 8.42. The number of hydrogen-bond donors (Lipinski definition) is 4. The number of rotatable bonds is 5. The van der Waals surface area contributed by atoms with Crippen LogP contribution in [0.2, 0.25) is 0 Å². The topological polar surface area (TPSA) is 119 Å². The summed E-state index contributed by atoms with van der Waals surface area (Å²) in [5.41, 5.74) is 1.73. The van der Waals surface area contributed by atoms with E-state index in [1.807, 2.05) is 30.3 Å². The number of anilines is 1. The Hall–Kier alpha value is -3.70. The van der Waals surface area contributed by atoms with Crippen LogP contribution in [-0.4, -0.2) is 51.5 Å². The minimum atomic E-state index is -5.30. The summed E-state index contributed by atoms with van der Waals surface area (Å²) in [6, 6.07) is 13.4. The van der Waals surface area contributed by atoms with Crippen molar-refractivity contribution >= 4 is 17.5 Å².